The lowest BCUT2D eigenvalue weighted by atomic mass is 10.1. The minimum absolute atomic E-state index is 0.143. The number of hydrogen-bond acceptors (Lipinski definition) is 4. The molecule has 1 heterocycles. The van der Waals surface area contributed by atoms with Crippen LogP contribution in [0.2, 0.25) is 0 Å². The van der Waals surface area contributed by atoms with Gasteiger partial charge in [0.15, 0.2) is 0 Å². The largest absolute Gasteiger partial charge is 0.325 e. The zero-order chi connectivity index (χ0) is 22.5. The van der Waals surface area contributed by atoms with E-state index in [-0.39, 0.29) is 17.6 Å². The predicted octanol–water partition coefficient (Wildman–Crippen LogP) is 5.61. The number of thioether (sulfide) groups is 1. The highest BCUT2D eigenvalue weighted by Gasteiger charge is 2.19. The number of nitrogens with zero attached hydrogens (tertiary/aromatic N) is 1. The Kier molecular flexibility index (Phi) is 7.13. The predicted molar refractivity (Wildman–Crippen MR) is 128 cm³/mol. The van der Waals surface area contributed by atoms with E-state index < -0.39 is 0 Å². The number of amides is 2. The lowest BCUT2D eigenvalue weighted by Crippen LogP contribution is -2.18. The van der Waals surface area contributed by atoms with Gasteiger partial charge in [-0.1, -0.05) is 35.5 Å². The van der Waals surface area contributed by atoms with Crippen LogP contribution < -0.4 is 10.6 Å². The molecule has 2 N–H and O–H groups in total. The molecule has 0 spiro atoms. The topological polar surface area (TPSA) is 71.1 Å². The normalized spacial score (nSPS) is 10.6. The van der Waals surface area contributed by atoms with Crippen LogP contribution in [0.15, 0.2) is 53.6 Å². The van der Waals surface area contributed by atoms with Crippen LogP contribution in [0.1, 0.15) is 38.3 Å². The van der Waals surface area contributed by atoms with Crippen LogP contribution in [0, 0.1) is 34.6 Å². The van der Waals surface area contributed by atoms with Crippen molar-refractivity contribution in [3.8, 4) is 0 Å². The number of carbonyl (C=O) groups excluding carboxylic acids is 2. The molecule has 2 amide bonds. The summed E-state index contributed by atoms with van der Waals surface area (Å²) in [4.78, 5) is 30.0. The zero-order valence-corrected chi connectivity index (χ0v) is 19.3. The first kappa shape index (κ1) is 22.6. The van der Waals surface area contributed by atoms with Crippen molar-refractivity contribution in [3.05, 3.63) is 82.0 Å². The number of aromatic nitrogens is 1. The van der Waals surface area contributed by atoms with E-state index in [1.807, 2.05) is 83.1 Å². The molecule has 160 valence electrons. The number of anilines is 2. The van der Waals surface area contributed by atoms with E-state index in [1.165, 1.54) is 17.3 Å². The van der Waals surface area contributed by atoms with Gasteiger partial charge in [-0.3, -0.25) is 9.59 Å². The molecule has 0 fully saturated rings. The maximum absolute atomic E-state index is 13.1. The van der Waals surface area contributed by atoms with Crippen LogP contribution in [0.5, 0.6) is 0 Å². The summed E-state index contributed by atoms with van der Waals surface area (Å²) >= 11 is 1.27. The molecule has 0 atom stereocenters. The average molecular weight is 434 g/mol. The third-order valence-corrected chi connectivity index (χ3v) is 5.95. The van der Waals surface area contributed by atoms with E-state index in [0.29, 0.717) is 10.6 Å². The Balaban J connectivity index is 1.75. The summed E-state index contributed by atoms with van der Waals surface area (Å²) < 4.78 is 0. The fraction of sp³-hybridized carbons (Fsp3) is 0.240. The summed E-state index contributed by atoms with van der Waals surface area (Å²) in [7, 11) is 0. The summed E-state index contributed by atoms with van der Waals surface area (Å²) in [5.41, 5.74) is 7.03. The summed E-state index contributed by atoms with van der Waals surface area (Å²) in [5, 5.41) is 6.40. The Labute approximate surface area is 187 Å². The highest BCUT2D eigenvalue weighted by atomic mass is 32.2. The Morgan fingerprint density at radius 2 is 1.48 bits per heavy atom. The summed E-state index contributed by atoms with van der Waals surface area (Å²) in [6, 6.07) is 15.3. The van der Waals surface area contributed by atoms with Crippen molar-refractivity contribution < 1.29 is 9.59 Å². The van der Waals surface area contributed by atoms with Crippen LogP contribution in [0.4, 0.5) is 11.4 Å². The third kappa shape index (κ3) is 5.95. The lowest BCUT2D eigenvalue weighted by molar-refractivity contribution is -0.113. The molecule has 31 heavy (non-hydrogen) atoms. The number of pyridine rings is 1. The Bertz CT molecular complexity index is 1120. The van der Waals surface area contributed by atoms with Gasteiger partial charge in [0.25, 0.3) is 5.91 Å². The SMILES string of the molecule is Cc1ccc(NC(=O)CSc2nc(C)cc(C)c2C(=O)Nc2ccc(C)c(C)c2)cc1. The second-order valence-electron chi connectivity index (χ2n) is 7.72. The van der Waals surface area contributed by atoms with Crippen LogP contribution in [-0.2, 0) is 4.79 Å². The van der Waals surface area contributed by atoms with Crippen molar-refractivity contribution >= 4 is 35.0 Å². The Morgan fingerprint density at radius 1 is 0.806 bits per heavy atom. The standard InChI is InChI=1S/C25H27N3O2S/c1-15-6-9-20(10-7-15)27-22(29)14-31-25-23(18(4)12-19(5)26-25)24(30)28-21-11-8-16(2)17(3)13-21/h6-13H,14H2,1-5H3,(H,27,29)(H,28,30). The maximum atomic E-state index is 13.1. The van der Waals surface area contributed by atoms with Crippen LogP contribution in [-0.4, -0.2) is 22.6 Å². The highest BCUT2D eigenvalue weighted by Crippen LogP contribution is 2.26. The first-order chi connectivity index (χ1) is 14.7. The molecule has 0 radical (unpaired) electrons. The lowest BCUT2D eigenvalue weighted by Gasteiger charge is -2.14. The second-order valence-corrected chi connectivity index (χ2v) is 8.68. The highest BCUT2D eigenvalue weighted by molar-refractivity contribution is 8.00. The van der Waals surface area contributed by atoms with Gasteiger partial charge in [0, 0.05) is 17.1 Å². The van der Waals surface area contributed by atoms with E-state index in [2.05, 4.69) is 15.6 Å². The second kappa shape index (κ2) is 9.79. The molecule has 0 aliphatic rings. The molecule has 0 saturated heterocycles. The monoisotopic (exact) mass is 433 g/mol. The van der Waals surface area contributed by atoms with E-state index in [0.717, 1.165) is 33.8 Å². The van der Waals surface area contributed by atoms with Crippen LogP contribution >= 0.6 is 11.8 Å². The number of nitrogens with one attached hydrogen (secondary N) is 2. The number of rotatable bonds is 6. The number of aryl methyl sites for hydroxylation is 5. The molecule has 0 saturated carbocycles. The molecule has 1 aromatic heterocycles. The molecule has 0 unspecified atom stereocenters. The molecule has 3 aromatic rings. The molecule has 6 heteroatoms. The van der Waals surface area contributed by atoms with Crippen LogP contribution in [0.3, 0.4) is 0 Å². The van der Waals surface area contributed by atoms with Gasteiger partial charge < -0.3 is 10.6 Å². The minimum Gasteiger partial charge on any atom is -0.325 e. The minimum atomic E-state index is -0.227. The summed E-state index contributed by atoms with van der Waals surface area (Å²) in [6.45, 7) is 9.82. The van der Waals surface area contributed by atoms with Crippen molar-refractivity contribution in [2.75, 3.05) is 16.4 Å². The molecule has 5 nitrogen and oxygen atoms in total. The van der Waals surface area contributed by atoms with Gasteiger partial charge in [-0.25, -0.2) is 4.98 Å². The summed E-state index contributed by atoms with van der Waals surface area (Å²) in [5.74, 6) is -0.210. The maximum Gasteiger partial charge on any atom is 0.258 e. The molecule has 2 aromatic carbocycles. The summed E-state index contributed by atoms with van der Waals surface area (Å²) in [6.07, 6.45) is 0. The van der Waals surface area contributed by atoms with Gasteiger partial charge in [0.1, 0.15) is 5.03 Å². The van der Waals surface area contributed by atoms with Crippen molar-refractivity contribution in [1.82, 2.24) is 4.98 Å². The Hall–Kier alpha value is -3.12. The van der Waals surface area contributed by atoms with Gasteiger partial charge >= 0.3 is 0 Å². The van der Waals surface area contributed by atoms with Crippen molar-refractivity contribution in [1.29, 1.82) is 0 Å². The van der Waals surface area contributed by atoms with E-state index in [4.69, 9.17) is 0 Å². The molecule has 0 aliphatic carbocycles. The van der Waals surface area contributed by atoms with Gasteiger partial charge in [0.2, 0.25) is 5.91 Å². The van der Waals surface area contributed by atoms with Crippen molar-refractivity contribution in [2.24, 2.45) is 0 Å². The van der Waals surface area contributed by atoms with Gasteiger partial charge in [0.05, 0.1) is 11.3 Å². The molecular weight excluding hydrogens is 406 g/mol. The van der Waals surface area contributed by atoms with Crippen molar-refractivity contribution in [2.45, 2.75) is 39.6 Å². The van der Waals surface area contributed by atoms with E-state index >= 15 is 0 Å². The van der Waals surface area contributed by atoms with E-state index in [1.54, 1.807) is 0 Å². The number of benzene rings is 2. The average Bonchev–Trinajstić information content (AvgIpc) is 2.70. The van der Waals surface area contributed by atoms with Crippen molar-refractivity contribution in [3.63, 3.8) is 0 Å². The third-order valence-electron chi connectivity index (χ3n) is 4.98. The molecule has 0 aliphatic heterocycles. The molecular formula is C25H27N3O2S. The first-order valence-electron chi connectivity index (χ1n) is 10.1. The Morgan fingerprint density at radius 3 is 2.16 bits per heavy atom. The smallest absolute Gasteiger partial charge is 0.258 e. The van der Waals surface area contributed by atoms with Crippen LogP contribution in [0.25, 0.3) is 0 Å². The number of carbonyl (C=O) groups is 2. The van der Waals surface area contributed by atoms with Gasteiger partial charge in [-0.15, -0.1) is 0 Å². The zero-order valence-electron chi connectivity index (χ0n) is 18.5. The molecule has 0 bridgehead atoms. The quantitative estimate of drug-likeness (QED) is 0.496. The molecule has 3 rings (SSSR count). The van der Waals surface area contributed by atoms with Gasteiger partial charge in [-0.2, -0.15) is 0 Å². The van der Waals surface area contributed by atoms with Gasteiger partial charge in [-0.05, 0) is 81.6 Å². The first-order valence-corrected chi connectivity index (χ1v) is 11.1. The van der Waals surface area contributed by atoms with E-state index in [9.17, 15) is 9.59 Å². The fourth-order valence-corrected chi connectivity index (χ4v) is 4.11. The fourth-order valence-electron chi connectivity index (χ4n) is 3.16. The number of hydrogen-bond donors (Lipinski definition) is 2.